The van der Waals surface area contributed by atoms with Crippen LogP contribution in [0.25, 0.3) is 10.8 Å². The first kappa shape index (κ1) is 32.7. The number of benzene rings is 5. The van der Waals surface area contributed by atoms with Crippen LogP contribution in [-0.2, 0) is 24.8 Å². The van der Waals surface area contributed by atoms with E-state index in [0.717, 1.165) is 27.5 Å². The van der Waals surface area contributed by atoms with Gasteiger partial charge in [-0.3, -0.25) is 4.79 Å². The van der Waals surface area contributed by atoms with Crippen molar-refractivity contribution in [2.75, 3.05) is 6.54 Å². The zero-order chi connectivity index (χ0) is 33.8. The fourth-order valence-corrected chi connectivity index (χ4v) is 10.9. The Kier molecular flexibility index (Phi) is 8.54. The molecule has 0 N–H and O–H groups in total. The molecule has 7 nitrogen and oxygen atoms in total. The zero-order valence-corrected chi connectivity index (χ0v) is 28.9. The molecule has 0 saturated carbocycles. The van der Waals surface area contributed by atoms with Gasteiger partial charge in [-0.2, -0.15) is 8.61 Å². The number of rotatable bonds is 6. The molecular formula is C38H35ClN2O5S2. The number of hydrogen-bond donors (Lipinski definition) is 0. The van der Waals surface area contributed by atoms with Gasteiger partial charge in [-0.15, -0.1) is 0 Å². The van der Waals surface area contributed by atoms with Crippen LogP contribution in [0.1, 0.15) is 47.2 Å². The average Bonchev–Trinajstić information content (AvgIpc) is 3.08. The number of aryl methyl sites for hydroxylation is 2. The highest BCUT2D eigenvalue weighted by Crippen LogP contribution is 2.49. The van der Waals surface area contributed by atoms with E-state index in [0.29, 0.717) is 10.6 Å². The van der Waals surface area contributed by atoms with Gasteiger partial charge in [-0.05, 0) is 78.6 Å². The monoisotopic (exact) mass is 698 g/mol. The highest BCUT2D eigenvalue weighted by atomic mass is 35.5. The molecule has 7 rings (SSSR count). The number of Topliss-reactive ketones (excluding diaryl/α,β-unsaturated/α-hetero) is 1. The molecule has 2 heterocycles. The van der Waals surface area contributed by atoms with Crippen molar-refractivity contribution in [1.29, 1.82) is 0 Å². The predicted molar refractivity (Wildman–Crippen MR) is 188 cm³/mol. The highest BCUT2D eigenvalue weighted by molar-refractivity contribution is 7.89. The average molecular weight is 699 g/mol. The van der Waals surface area contributed by atoms with Gasteiger partial charge in [0.25, 0.3) is 0 Å². The molecule has 10 heteroatoms. The van der Waals surface area contributed by atoms with Crippen molar-refractivity contribution < 1.29 is 21.6 Å². The van der Waals surface area contributed by atoms with E-state index in [9.17, 15) is 21.6 Å². The Labute approximate surface area is 286 Å². The lowest BCUT2D eigenvalue weighted by Gasteiger charge is -2.51. The van der Waals surface area contributed by atoms with Gasteiger partial charge in [0, 0.05) is 29.9 Å². The fourth-order valence-electron chi connectivity index (χ4n) is 7.28. The van der Waals surface area contributed by atoms with Crippen molar-refractivity contribution in [3.05, 3.63) is 143 Å². The van der Waals surface area contributed by atoms with Crippen molar-refractivity contribution >= 4 is 48.2 Å². The highest BCUT2D eigenvalue weighted by Gasteiger charge is 2.54. The normalized spacial score (nSPS) is 22.4. The third-order valence-electron chi connectivity index (χ3n) is 9.76. The maximum atomic E-state index is 14.9. The summed E-state index contributed by atoms with van der Waals surface area (Å²) in [5, 5.41) is 2.30. The Balaban J connectivity index is 1.41. The second kappa shape index (κ2) is 12.5. The molecule has 2 saturated heterocycles. The van der Waals surface area contributed by atoms with Crippen molar-refractivity contribution in [2.45, 2.75) is 54.6 Å². The molecule has 5 aromatic carbocycles. The quantitative estimate of drug-likeness (QED) is 0.182. The molecule has 0 aliphatic carbocycles. The van der Waals surface area contributed by atoms with E-state index in [4.69, 9.17) is 11.6 Å². The summed E-state index contributed by atoms with van der Waals surface area (Å²) >= 11 is 6.25. The topological polar surface area (TPSA) is 91.8 Å². The minimum absolute atomic E-state index is 0.0789. The first-order chi connectivity index (χ1) is 22.9. The summed E-state index contributed by atoms with van der Waals surface area (Å²) in [5.74, 6) is -1.04. The summed E-state index contributed by atoms with van der Waals surface area (Å²) in [4.78, 5) is 14.5. The van der Waals surface area contributed by atoms with Crippen LogP contribution in [0.2, 0.25) is 5.02 Å². The molecule has 5 aromatic rings. The molecule has 0 aromatic heterocycles. The molecule has 0 radical (unpaired) electrons. The van der Waals surface area contributed by atoms with Gasteiger partial charge < -0.3 is 0 Å². The Morgan fingerprint density at radius 1 is 0.667 bits per heavy atom. The molecule has 2 aliphatic rings. The number of sulfonamides is 2. The van der Waals surface area contributed by atoms with Gasteiger partial charge in [-0.1, -0.05) is 102 Å². The van der Waals surface area contributed by atoms with Crippen LogP contribution < -0.4 is 0 Å². The van der Waals surface area contributed by atoms with Crippen LogP contribution in [-0.4, -0.2) is 43.8 Å². The maximum absolute atomic E-state index is 14.9. The van der Waals surface area contributed by atoms with Gasteiger partial charge in [0.15, 0.2) is 0 Å². The Bertz CT molecular complexity index is 2220. The lowest BCUT2D eigenvalue weighted by Crippen LogP contribution is -2.60. The Morgan fingerprint density at radius 3 is 1.90 bits per heavy atom. The summed E-state index contributed by atoms with van der Waals surface area (Å²) in [6.07, 6.45) is -0.000214. The fraction of sp³-hybridized carbons (Fsp3) is 0.237. The summed E-state index contributed by atoms with van der Waals surface area (Å²) < 4.78 is 61.3. The van der Waals surface area contributed by atoms with E-state index in [1.54, 1.807) is 72.8 Å². The number of carbonyl (C=O) groups is 1. The van der Waals surface area contributed by atoms with Crippen LogP contribution in [0.5, 0.6) is 0 Å². The van der Waals surface area contributed by atoms with Crippen LogP contribution >= 0.6 is 11.6 Å². The second-order valence-corrected chi connectivity index (χ2v) is 16.9. The van der Waals surface area contributed by atoms with Gasteiger partial charge in [0.05, 0.1) is 21.9 Å². The molecule has 0 bridgehead atoms. The van der Waals surface area contributed by atoms with E-state index in [1.807, 2.05) is 56.3 Å². The van der Waals surface area contributed by atoms with Gasteiger partial charge in [0.2, 0.25) is 20.0 Å². The minimum Gasteiger partial charge on any atom is -0.299 e. The summed E-state index contributed by atoms with van der Waals surface area (Å²) in [7, 11) is -8.25. The summed E-state index contributed by atoms with van der Waals surface area (Å²) in [5.41, 5.74) is 3.25. The molecule has 0 amide bonds. The number of ketones is 1. The molecule has 4 atom stereocenters. The van der Waals surface area contributed by atoms with Crippen LogP contribution in [0.4, 0.5) is 0 Å². The number of fused-ring (bicyclic) bond motifs is 2. The third-order valence-corrected chi connectivity index (χ3v) is 13.8. The smallest absolute Gasteiger partial charge is 0.243 e. The van der Waals surface area contributed by atoms with Crippen molar-refractivity contribution in [3.8, 4) is 0 Å². The predicted octanol–water partition coefficient (Wildman–Crippen LogP) is 7.64. The van der Waals surface area contributed by atoms with Gasteiger partial charge in [0.1, 0.15) is 5.78 Å². The molecule has 0 spiro atoms. The third kappa shape index (κ3) is 5.77. The molecule has 48 heavy (non-hydrogen) atoms. The van der Waals surface area contributed by atoms with Crippen LogP contribution in [0.15, 0.2) is 125 Å². The van der Waals surface area contributed by atoms with Crippen molar-refractivity contribution in [1.82, 2.24) is 8.61 Å². The largest absolute Gasteiger partial charge is 0.299 e. The molecule has 1 unspecified atom stereocenters. The standard InChI is InChI=1S/C38H35ClN2O5S2/c1-25-10-18-30(19-11-25)47(43,44)40-24-34-36(22-35(40)28-14-16-29(39)17-15-28)41(48(45,46)31-20-12-26(2)13-21-31)37(23-38(34)42)33-9-5-7-27-6-3-4-8-32(27)33/h3-21,34-37H,22-24H2,1-2H3/t34-,35+,36+,37?/m1/s1. The number of piperidine rings is 2. The molecule has 246 valence electrons. The lowest BCUT2D eigenvalue weighted by molar-refractivity contribution is -0.132. The van der Waals surface area contributed by atoms with Crippen LogP contribution in [0, 0.1) is 19.8 Å². The number of carbonyl (C=O) groups excluding carboxylic acids is 1. The van der Waals surface area contributed by atoms with E-state index < -0.39 is 44.1 Å². The van der Waals surface area contributed by atoms with E-state index in [-0.39, 0.29) is 35.0 Å². The Hall–Kier alpha value is -3.86. The zero-order valence-electron chi connectivity index (χ0n) is 26.5. The second-order valence-electron chi connectivity index (χ2n) is 12.8. The van der Waals surface area contributed by atoms with E-state index >= 15 is 0 Å². The van der Waals surface area contributed by atoms with Crippen molar-refractivity contribution in [2.24, 2.45) is 5.92 Å². The SMILES string of the molecule is Cc1ccc(S(=O)(=O)N2C[C@H]3C(=O)CC(c4cccc5ccccc45)N(S(=O)(=O)c4ccc(C)cc4)[C@H]3C[C@H]2c2ccc(Cl)cc2)cc1. The molecular weight excluding hydrogens is 664 g/mol. The van der Waals surface area contributed by atoms with Crippen LogP contribution in [0.3, 0.4) is 0 Å². The van der Waals surface area contributed by atoms with Gasteiger partial charge >= 0.3 is 0 Å². The van der Waals surface area contributed by atoms with E-state index in [1.165, 1.54) is 8.61 Å². The van der Waals surface area contributed by atoms with Gasteiger partial charge in [-0.25, -0.2) is 16.8 Å². The lowest BCUT2D eigenvalue weighted by atomic mass is 9.77. The Morgan fingerprint density at radius 2 is 1.25 bits per heavy atom. The summed E-state index contributed by atoms with van der Waals surface area (Å²) in [6.45, 7) is 3.62. The molecule has 2 fully saturated rings. The number of hydrogen-bond acceptors (Lipinski definition) is 5. The molecule has 2 aliphatic heterocycles. The van der Waals surface area contributed by atoms with Crippen molar-refractivity contribution in [3.63, 3.8) is 0 Å². The first-order valence-corrected chi connectivity index (χ1v) is 19.2. The number of halogens is 1. The summed E-state index contributed by atoms with van der Waals surface area (Å²) in [6, 6.07) is 31.4. The maximum Gasteiger partial charge on any atom is 0.243 e. The first-order valence-electron chi connectivity index (χ1n) is 15.9. The van der Waals surface area contributed by atoms with E-state index in [2.05, 4.69) is 0 Å². The number of nitrogens with zero attached hydrogens (tertiary/aromatic N) is 2. The minimum atomic E-state index is -4.17.